The molecule has 0 spiro atoms. The third-order valence-corrected chi connectivity index (χ3v) is 5.05. The summed E-state index contributed by atoms with van der Waals surface area (Å²) in [6.45, 7) is 4.40. The number of esters is 2. The van der Waals surface area contributed by atoms with Crippen LogP contribution in [0.15, 0.2) is 53.6 Å². The van der Waals surface area contributed by atoms with Gasteiger partial charge in [-0.1, -0.05) is 43.3 Å². The van der Waals surface area contributed by atoms with E-state index in [4.69, 9.17) is 9.47 Å². The van der Waals surface area contributed by atoms with E-state index in [9.17, 15) is 19.2 Å². The minimum atomic E-state index is -0.630. The van der Waals surface area contributed by atoms with Crippen molar-refractivity contribution >= 4 is 35.0 Å². The van der Waals surface area contributed by atoms with Gasteiger partial charge in [-0.3, -0.25) is 19.2 Å². The van der Waals surface area contributed by atoms with Crippen LogP contribution in [0.2, 0.25) is 0 Å². The molecule has 0 saturated carbocycles. The van der Waals surface area contributed by atoms with Crippen LogP contribution >= 0.6 is 0 Å². The molecule has 4 rings (SSSR count). The minimum Gasteiger partial charge on any atom is -0.425 e. The highest BCUT2D eigenvalue weighted by Gasteiger charge is 2.42. The Kier molecular flexibility index (Phi) is 4.70. The van der Waals surface area contributed by atoms with Crippen LogP contribution in [-0.4, -0.2) is 23.5 Å². The number of hydrogen-bond donors (Lipinski definition) is 0. The standard InChI is InChI=1S/C24H18O6/c1-4-14-9-10-16-18(11-14)24(30-13(3)26)20-19(22(16)28)23(29-12(2)25)17-8-6-5-7-15(17)21(20)27/h5-11H,4H2,1-3H3. The quantitative estimate of drug-likeness (QED) is 0.724. The van der Waals surface area contributed by atoms with Gasteiger partial charge in [-0.05, 0) is 18.1 Å². The van der Waals surface area contributed by atoms with Gasteiger partial charge in [0.2, 0.25) is 0 Å². The summed E-state index contributed by atoms with van der Waals surface area (Å²) in [6.07, 6.45) is 0.697. The van der Waals surface area contributed by atoms with Crippen molar-refractivity contribution in [2.45, 2.75) is 27.2 Å². The zero-order chi connectivity index (χ0) is 21.6. The first-order chi connectivity index (χ1) is 14.3. The largest absolute Gasteiger partial charge is 0.425 e. The lowest BCUT2D eigenvalue weighted by Gasteiger charge is -2.29. The molecule has 0 bridgehead atoms. The first-order valence-corrected chi connectivity index (χ1v) is 9.51. The summed E-state index contributed by atoms with van der Waals surface area (Å²) >= 11 is 0. The molecule has 0 unspecified atom stereocenters. The third kappa shape index (κ3) is 2.97. The van der Waals surface area contributed by atoms with Crippen molar-refractivity contribution in [3.63, 3.8) is 0 Å². The summed E-state index contributed by atoms with van der Waals surface area (Å²) in [6, 6.07) is 11.7. The van der Waals surface area contributed by atoms with Gasteiger partial charge >= 0.3 is 11.9 Å². The summed E-state index contributed by atoms with van der Waals surface area (Å²) in [5.74, 6) is -2.18. The highest BCUT2D eigenvalue weighted by Crippen LogP contribution is 2.45. The summed E-state index contributed by atoms with van der Waals surface area (Å²) in [5, 5.41) is 0. The van der Waals surface area contributed by atoms with Crippen LogP contribution in [0.1, 0.15) is 58.2 Å². The van der Waals surface area contributed by atoms with Crippen molar-refractivity contribution in [1.82, 2.24) is 0 Å². The molecule has 0 radical (unpaired) electrons. The van der Waals surface area contributed by atoms with Crippen LogP contribution in [0.4, 0.5) is 0 Å². The number of aryl methyl sites for hydroxylation is 1. The van der Waals surface area contributed by atoms with E-state index in [1.54, 1.807) is 42.5 Å². The molecule has 0 aliphatic heterocycles. The lowest BCUT2D eigenvalue weighted by atomic mass is 9.76. The maximum atomic E-state index is 13.5. The van der Waals surface area contributed by atoms with Crippen molar-refractivity contribution in [2.75, 3.05) is 0 Å². The van der Waals surface area contributed by atoms with Crippen molar-refractivity contribution in [2.24, 2.45) is 0 Å². The molecule has 150 valence electrons. The number of rotatable bonds is 3. The smallest absolute Gasteiger partial charge is 0.308 e. The van der Waals surface area contributed by atoms with Gasteiger partial charge in [-0.25, -0.2) is 0 Å². The normalized spacial score (nSPS) is 14.8. The number of ether oxygens (including phenoxy) is 2. The molecular weight excluding hydrogens is 384 g/mol. The van der Waals surface area contributed by atoms with E-state index in [2.05, 4.69) is 0 Å². The van der Waals surface area contributed by atoms with Crippen LogP contribution in [0.5, 0.6) is 0 Å². The lowest BCUT2D eigenvalue weighted by molar-refractivity contribution is -0.135. The Morgan fingerprint density at radius 3 is 1.77 bits per heavy atom. The summed E-state index contributed by atoms with van der Waals surface area (Å²) in [4.78, 5) is 50.6. The van der Waals surface area contributed by atoms with E-state index in [1.807, 2.05) is 6.92 Å². The van der Waals surface area contributed by atoms with Gasteiger partial charge in [0.25, 0.3) is 0 Å². The zero-order valence-electron chi connectivity index (χ0n) is 16.7. The molecular formula is C24H18O6. The van der Waals surface area contributed by atoms with Gasteiger partial charge in [0.1, 0.15) is 0 Å². The number of Topliss-reactive ketones (excluding diaryl/α,β-unsaturated/α-hetero) is 2. The Morgan fingerprint density at radius 1 is 0.733 bits per heavy atom. The average molecular weight is 402 g/mol. The number of allylic oxidation sites excluding steroid dienone is 2. The molecule has 2 aromatic rings. The molecule has 0 atom stereocenters. The number of carbonyl (C=O) groups excluding carboxylic acids is 4. The van der Waals surface area contributed by atoms with Gasteiger partial charge < -0.3 is 9.47 Å². The monoisotopic (exact) mass is 402 g/mol. The van der Waals surface area contributed by atoms with E-state index < -0.39 is 23.5 Å². The second-order valence-electron chi connectivity index (χ2n) is 7.03. The lowest BCUT2D eigenvalue weighted by Crippen LogP contribution is -2.28. The minimum absolute atomic E-state index is 0.00607. The van der Waals surface area contributed by atoms with E-state index in [-0.39, 0.29) is 33.8 Å². The molecule has 6 heteroatoms. The summed E-state index contributed by atoms with van der Waals surface area (Å²) < 4.78 is 10.9. The molecule has 30 heavy (non-hydrogen) atoms. The van der Waals surface area contributed by atoms with Crippen LogP contribution in [0.3, 0.4) is 0 Å². The van der Waals surface area contributed by atoms with Gasteiger partial charge in [0.15, 0.2) is 23.1 Å². The Balaban J connectivity index is 2.14. The van der Waals surface area contributed by atoms with Crippen molar-refractivity contribution in [3.8, 4) is 0 Å². The Labute approximate surface area is 172 Å². The van der Waals surface area contributed by atoms with Gasteiger partial charge in [-0.15, -0.1) is 0 Å². The Morgan fingerprint density at radius 2 is 1.23 bits per heavy atom. The maximum absolute atomic E-state index is 13.5. The second-order valence-corrected chi connectivity index (χ2v) is 7.03. The maximum Gasteiger partial charge on any atom is 0.308 e. The Hall–Kier alpha value is -3.80. The molecule has 0 saturated heterocycles. The van der Waals surface area contributed by atoms with Gasteiger partial charge in [0.05, 0.1) is 11.1 Å². The Bertz CT molecular complexity index is 1210. The van der Waals surface area contributed by atoms with Crippen LogP contribution < -0.4 is 0 Å². The fourth-order valence-corrected chi connectivity index (χ4v) is 3.77. The summed E-state index contributed by atoms with van der Waals surface area (Å²) in [7, 11) is 0. The van der Waals surface area contributed by atoms with Gasteiger partial charge in [-0.2, -0.15) is 0 Å². The summed E-state index contributed by atoms with van der Waals surface area (Å²) in [5.41, 5.74) is 2.05. The predicted octanol–water partition coefficient (Wildman–Crippen LogP) is 3.89. The molecule has 6 nitrogen and oxygen atoms in total. The number of hydrogen-bond acceptors (Lipinski definition) is 6. The molecule has 0 amide bonds. The fourth-order valence-electron chi connectivity index (χ4n) is 3.77. The van der Waals surface area contributed by atoms with Crippen molar-refractivity contribution in [1.29, 1.82) is 0 Å². The molecule has 0 aromatic heterocycles. The van der Waals surface area contributed by atoms with Crippen LogP contribution in [0.25, 0.3) is 11.5 Å². The third-order valence-electron chi connectivity index (χ3n) is 5.05. The fraction of sp³-hybridized carbons (Fsp3) is 0.167. The topological polar surface area (TPSA) is 86.7 Å². The van der Waals surface area contributed by atoms with Gasteiger partial charge in [0, 0.05) is 36.1 Å². The van der Waals surface area contributed by atoms with E-state index >= 15 is 0 Å². The zero-order valence-corrected chi connectivity index (χ0v) is 16.7. The SMILES string of the molecule is CCc1ccc2c(c1)C(OC(C)=O)=C1C(=O)c3ccccc3C(OC(C)=O)=C1C2=O. The number of ketones is 2. The molecule has 2 aliphatic carbocycles. The first-order valence-electron chi connectivity index (χ1n) is 9.51. The molecule has 2 aliphatic rings. The number of fused-ring (bicyclic) bond motifs is 3. The average Bonchev–Trinajstić information content (AvgIpc) is 2.72. The van der Waals surface area contributed by atoms with Crippen LogP contribution in [-0.2, 0) is 25.5 Å². The second kappa shape index (κ2) is 7.22. The molecule has 0 N–H and O–H groups in total. The van der Waals surface area contributed by atoms with Crippen molar-refractivity contribution < 1.29 is 28.7 Å². The highest BCUT2D eigenvalue weighted by atomic mass is 16.5. The molecule has 0 fully saturated rings. The number of carbonyl (C=O) groups is 4. The molecule has 0 heterocycles. The van der Waals surface area contributed by atoms with E-state index in [1.165, 1.54) is 13.8 Å². The predicted molar refractivity (Wildman–Crippen MR) is 108 cm³/mol. The highest BCUT2D eigenvalue weighted by molar-refractivity contribution is 6.34. The van der Waals surface area contributed by atoms with Crippen molar-refractivity contribution in [3.05, 3.63) is 81.4 Å². The first kappa shape index (κ1) is 19.5. The number of benzene rings is 2. The van der Waals surface area contributed by atoms with Crippen LogP contribution in [0, 0.1) is 0 Å². The van der Waals surface area contributed by atoms with E-state index in [0.717, 1.165) is 5.56 Å². The molecule has 2 aromatic carbocycles. The van der Waals surface area contributed by atoms with E-state index in [0.29, 0.717) is 17.5 Å².